The molecule has 0 aliphatic carbocycles. The van der Waals surface area contributed by atoms with Gasteiger partial charge in [-0.3, -0.25) is 0 Å². The molecule has 9 N–H and O–H groups in total. The molecule has 3 heterocycles. The van der Waals surface area contributed by atoms with Crippen molar-refractivity contribution in [3.63, 3.8) is 0 Å². The van der Waals surface area contributed by atoms with E-state index in [1.807, 2.05) is 42.5 Å². The van der Waals surface area contributed by atoms with E-state index in [2.05, 4.69) is 29.9 Å². The zero-order valence-corrected chi connectivity index (χ0v) is 52.7. The van der Waals surface area contributed by atoms with Gasteiger partial charge in [-0.1, -0.05) is 109 Å². The van der Waals surface area contributed by atoms with E-state index in [-0.39, 0.29) is 14.7 Å². The van der Waals surface area contributed by atoms with Gasteiger partial charge in [-0.2, -0.15) is 26.3 Å². The third kappa shape index (κ3) is 16.1. The lowest BCUT2D eigenvalue weighted by molar-refractivity contribution is -0.137. The number of sulfonamides is 3. The topological polar surface area (TPSA) is 310 Å². The number of halogens is 6. The van der Waals surface area contributed by atoms with Gasteiger partial charge >= 0.3 is 11.7 Å². The fourth-order valence-electron chi connectivity index (χ4n) is 10.3. The summed E-state index contributed by atoms with van der Waals surface area (Å²) in [5, 5.41) is 16.0. The quantitative estimate of drug-likeness (QED) is 0.0464. The van der Waals surface area contributed by atoms with E-state index in [0.717, 1.165) is 76.4 Å². The summed E-state index contributed by atoms with van der Waals surface area (Å²) in [5.41, 5.74) is 4.65. The maximum absolute atomic E-state index is 12.7. The molecule has 12 aromatic rings. The Morgan fingerprint density at radius 1 is 0.394 bits per heavy atom. The van der Waals surface area contributed by atoms with Crippen LogP contribution in [0.25, 0.3) is 66.5 Å². The molecule has 3 aromatic heterocycles. The van der Waals surface area contributed by atoms with Gasteiger partial charge in [0.25, 0.3) is 9.84 Å². The molecule has 0 amide bonds. The number of primary sulfonamides is 3. The summed E-state index contributed by atoms with van der Waals surface area (Å²) in [5.74, 6) is 3.02. The summed E-state index contributed by atoms with van der Waals surface area (Å²) in [6.07, 6.45) is -0.857. The molecule has 28 heteroatoms. The van der Waals surface area contributed by atoms with Crippen molar-refractivity contribution in [3.05, 3.63) is 240 Å². The number of methoxy groups -OCH3 is 1. The SMILES string of the molecule is COc1ccc(CCc2nc3ccc(-c4ccccc4S(N)(=O)=O)cc3[nH]2)cc1.NS(=O)(=O)c1ccccc1-c1ccc2nc(CCc3ccc(C(F)(F)F)cc3)[nH]c2c1.NS(=O)(=O)c1ccccc1-c1ccc2nc(CCc3ccc(S(=O)(=O)C(F)(F)F)cc3)[nH]c2c1. The average molecular weight is 1360 g/mol. The first kappa shape index (κ1) is 67.3. The number of aromatic nitrogens is 6. The van der Waals surface area contributed by atoms with Crippen LogP contribution in [0.1, 0.15) is 39.7 Å². The van der Waals surface area contributed by atoms with Gasteiger partial charge in [0.15, 0.2) is 0 Å². The number of ether oxygens (including phenoxy) is 1. The Bertz CT molecular complexity index is 5220. The number of sulfone groups is 1. The van der Waals surface area contributed by atoms with Crippen LogP contribution >= 0.6 is 0 Å². The largest absolute Gasteiger partial charge is 0.501 e. The van der Waals surface area contributed by atoms with Gasteiger partial charge in [0.2, 0.25) is 30.1 Å². The zero-order valence-electron chi connectivity index (χ0n) is 49.4. The lowest BCUT2D eigenvalue weighted by Gasteiger charge is -2.08. The number of aryl methyl sites for hydroxylation is 6. The van der Waals surface area contributed by atoms with E-state index in [9.17, 15) is 60.0 Å². The molecule has 18 nitrogen and oxygen atoms in total. The van der Waals surface area contributed by atoms with Gasteiger partial charge in [-0.05, 0) is 144 Å². The number of rotatable bonds is 17. The maximum atomic E-state index is 12.7. The maximum Gasteiger partial charge on any atom is 0.501 e. The highest BCUT2D eigenvalue weighted by Crippen LogP contribution is 2.35. The van der Waals surface area contributed by atoms with Crippen LogP contribution in [-0.2, 0) is 84.6 Å². The molecule has 486 valence electrons. The summed E-state index contributed by atoms with van der Waals surface area (Å²) in [7, 11) is -15.3. The van der Waals surface area contributed by atoms with E-state index >= 15 is 0 Å². The smallest absolute Gasteiger partial charge is 0.497 e. The number of nitrogens with one attached hydrogen (secondary N) is 3. The minimum absolute atomic E-state index is 0.00470. The van der Waals surface area contributed by atoms with Crippen LogP contribution in [0.3, 0.4) is 0 Å². The molecule has 0 spiro atoms. The predicted octanol–water partition coefficient (Wildman–Crippen LogP) is 12.3. The number of aromatic amines is 3. The standard InChI is InChI=1S/C22H18F3N3O4S2.C22H18F3N3O2S.C22H21N3O3S/c23-22(24,25)33(29,30)16-9-5-14(6-10-16)7-12-21-27-18-11-8-15(13-19(18)28-21)17-3-1-2-4-20(17)34(26,31)32;23-22(24,25)16-9-5-14(6-10-16)7-12-21-27-18-11-8-15(13-19(18)28-21)17-3-1-2-4-20(17)31(26,29)30;1-28-17-10-6-15(7-11-17)8-13-22-24-19-12-9-16(14-20(19)25-22)18-4-2-3-5-21(18)29(23,26)27/h1-6,8-11,13H,7,12H2,(H,27,28)(H2,26,31,32);1-6,8-11,13H,7,12H2,(H,27,28)(H2,26,29,30);2-7,9-12,14H,8,13H2,1H3,(H,24,25)(H2,23,26,27). The van der Waals surface area contributed by atoms with Crippen LogP contribution in [0.15, 0.2) is 220 Å². The van der Waals surface area contributed by atoms with E-state index < -0.39 is 62.1 Å². The highest BCUT2D eigenvalue weighted by Gasteiger charge is 2.46. The van der Waals surface area contributed by atoms with Crippen LogP contribution in [0.2, 0.25) is 0 Å². The predicted molar refractivity (Wildman–Crippen MR) is 345 cm³/mol. The Morgan fingerprint density at radius 3 is 1.00 bits per heavy atom. The van der Waals surface area contributed by atoms with Crippen LogP contribution in [-0.4, -0.2) is 76.2 Å². The van der Waals surface area contributed by atoms with Gasteiger partial charge in [0.1, 0.15) is 23.2 Å². The fraction of sp³-hybridized carbons (Fsp3) is 0.136. The molecule has 12 rings (SSSR count). The first-order valence-electron chi connectivity index (χ1n) is 28.4. The fourth-order valence-corrected chi connectivity index (χ4v) is 13.4. The first-order chi connectivity index (χ1) is 44.4. The van der Waals surface area contributed by atoms with Gasteiger partial charge in [0, 0.05) is 36.0 Å². The number of fused-ring (bicyclic) bond motifs is 3. The van der Waals surface area contributed by atoms with Crippen molar-refractivity contribution in [2.24, 2.45) is 15.4 Å². The normalized spacial score (nSPS) is 12.3. The number of H-pyrrole nitrogens is 3. The second-order valence-electron chi connectivity index (χ2n) is 21.5. The Kier molecular flexibility index (Phi) is 19.5. The number of nitrogens with two attached hydrogens (primary N) is 3. The van der Waals surface area contributed by atoms with Gasteiger partial charge in [0.05, 0.1) is 65.4 Å². The number of alkyl halides is 6. The molecule has 0 saturated carbocycles. The molecule has 0 aliphatic rings. The Morgan fingerprint density at radius 2 is 0.702 bits per heavy atom. The minimum atomic E-state index is -5.38. The van der Waals surface area contributed by atoms with Crippen LogP contribution in [0.5, 0.6) is 5.75 Å². The van der Waals surface area contributed by atoms with E-state index in [1.165, 1.54) is 48.0 Å². The number of hydrogen-bond donors (Lipinski definition) is 6. The number of hydrogen-bond acceptors (Lipinski definition) is 12. The zero-order chi connectivity index (χ0) is 67.4. The van der Waals surface area contributed by atoms with Gasteiger partial charge in [-0.15, -0.1) is 0 Å². The minimum Gasteiger partial charge on any atom is -0.497 e. The molecule has 0 unspecified atom stereocenters. The summed E-state index contributed by atoms with van der Waals surface area (Å²) in [4.78, 5) is 22.7. The van der Waals surface area contributed by atoms with Crippen molar-refractivity contribution in [2.75, 3.05) is 7.11 Å². The average Bonchev–Trinajstić information content (AvgIpc) is 1.82. The molecular formula is C66H57F6N9O9S4. The summed E-state index contributed by atoms with van der Waals surface area (Å²) >= 11 is 0. The van der Waals surface area contributed by atoms with Crippen LogP contribution < -0.4 is 20.2 Å². The monoisotopic (exact) mass is 1360 g/mol. The second-order valence-corrected chi connectivity index (χ2v) is 28.0. The van der Waals surface area contributed by atoms with Crippen LogP contribution in [0.4, 0.5) is 26.3 Å². The lowest BCUT2D eigenvalue weighted by atomic mass is 10.1. The Balaban J connectivity index is 0.000000154. The molecule has 94 heavy (non-hydrogen) atoms. The Labute approximate surface area is 536 Å². The van der Waals surface area contributed by atoms with Crippen molar-refractivity contribution < 1.29 is 64.8 Å². The van der Waals surface area contributed by atoms with E-state index in [4.69, 9.17) is 20.2 Å². The number of imidazole rings is 3. The van der Waals surface area contributed by atoms with Crippen molar-refractivity contribution in [1.82, 2.24) is 29.9 Å². The Hall–Kier alpha value is -9.55. The molecule has 0 aliphatic heterocycles. The van der Waals surface area contributed by atoms with E-state index in [1.54, 1.807) is 98.1 Å². The first-order valence-corrected chi connectivity index (χ1v) is 34.6. The molecule has 0 bridgehead atoms. The highest BCUT2D eigenvalue weighted by molar-refractivity contribution is 7.92. The molecule has 9 aromatic carbocycles. The third-order valence-electron chi connectivity index (χ3n) is 15.0. The van der Waals surface area contributed by atoms with Crippen molar-refractivity contribution in [1.29, 1.82) is 0 Å². The second kappa shape index (κ2) is 27.2. The van der Waals surface area contributed by atoms with Crippen LogP contribution in [0, 0.1) is 0 Å². The summed E-state index contributed by atoms with van der Waals surface area (Å²) < 4.78 is 176. The highest BCUT2D eigenvalue weighted by atomic mass is 32.2. The lowest BCUT2D eigenvalue weighted by Crippen LogP contribution is -2.23. The van der Waals surface area contributed by atoms with Gasteiger partial charge in [-0.25, -0.2) is 64.0 Å². The molecule has 0 saturated heterocycles. The number of benzene rings is 9. The molecule has 0 atom stereocenters. The van der Waals surface area contributed by atoms with Crippen molar-refractivity contribution in [3.8, 4) is 39.1 Å². The third-order valence-corrected chi connectivity index (χ3v) is 19.4. The number of nitrogens with zero attached hydrogens (tertiary/aromatic N) is 3. The van der Waals surface area contributed by atoms with Gasteiger partial charge < -0.3 is 19.7 Å². The molecule has 0 radical (unpaired) electrons. The van der Waals surface area contributed by atoms with E-state index in [0.29, 0.717) is 87.3 Å². The summed E-state index contributed by atoms with van der Waals surface area (Å²) in [6, 6.07) is 53.4. The van der Waals surface area contributed by atoms with Crippen molar-refractivity contribution >= 4 is 73.0 Å². The molecular weight excluding hydrogens is 1310 g/mol. The summed E-state index contributed by atoms with van der Waals surface area (Å²) in [6.45, 7) is 0. The van der Waals surface area contributed by atoms with Crippen molar-refractivity contribution in [2.45, 2.75) is 69.8 Å². The molecule has 0 fully saturated rings.